The number of amides is 1. The van der Waals surface area contributed by atoms with Crippen LogP contribution in [-0.2, 0) is 4.79 Å². The van der Waals surface area contributed by atoms with Crippen molar-refractivity contribution in [2.75, 3.05) is 27.2 Å². The molecule has 0 aromatic rings. The molecule has 0 saturated carbocycles. The van der Waals surface area contributed by atoms with Crippen LogP contribution in [0.1, 0.15) is 54.4 Å². The second-order valence-electron chi connectivity index (χ2n) is 6.85. The van der Waals surface area contributed by atoms with E-state index in [0.717, 1.165) is 31.3 Å². The first-order valence-corrected chi connectivity index (χ1v) is 8.25. The molecule has 0 heterocycles. The minimum Gasteiger partial charge on any atom is -0.353 e. The van der Waals surface area contributed by atoms with Crippen LogP contribution in [-0.4, -0.2) is 39.1 Å². The number of hydrogen-bond donors (Lipinski definition) is 3. The van der Waals surface area contributed by atoms with Crippen LogP contribution in [0.15, 0.2) is 0 Å². The second-order valence-corrected chi connectivity index (χ2v) is 6.85. The summed E-state index contributed by atoms with van der Waals surface area (Å²) in [4.78, 5) is 10.2. The van der Waals surface area contributed by atoms with E-state index in [-0.39, 0.29) is 5.54 Å². The van der Waals surface area contributed by atoms with Crippen LogP contribution in [0, 0.1) is 17.8 Å². The van der Waals surface area contributed by atoms with E-state index in [0.29, 0.717) is 5.92 Å². The van der Waals surface area contributed by atoms with Gasteiger partial charge in [-0.1, -0.05) is 34.1 Å². The largest absolute Gasteiger partial charge is 0.353 e. The lowest BCUT2D eigenvalue weighted by molar-refractivity contribution is -0.111. The molecule has 0 radical (unpaired) electrons. The molecule has 4 nitrogen and oxygen atoms in total. The maximum Gasteiger partial charge on any atom is 0.207 e. The normalized spacial score (nSPS) is 15.4. The fraction of sp³-hybridized carbons (Fsp3) is 0.941. The fourth-order valence-corrected chi connectivity index (χ4v) is 2.14. The van der Waals surface area contributed by atoms with E-state index in [2.05, 4.69) is 43.6 Å². The van der Waals surface area contributed by atoms with Crippen molar-refractivity contribution >= 4 is 6.41 Å². The number of rotatable bonds is 10. The van der Waals surface area contributed by atoms with Crippen LogP contribution in [0.4, 0.5) is 0 Å². The topological polar surface area (TPSA) is 53.2 Å². The summed E-state index contributed by atoms with van der Waals surface area (Å²) in [6, 6.07) is 0. The quantitative estimate of drug-likeness (QED) is 0.544. The van der Waals surface area contributed by atoms with E-state index in [1.165, 1.54) is 12.8 Å². The highest BCUT2D eigenvalue weighted by Crippen LogP contribution is 2.14. The molecule has 4 heteroatoms. The predicted molar refractivity (Wildman–Crippen MR) is 93.5 cm³/mol. The third kappa shape index (κ3) is 12.8. The van der Waals surface area contributed by atoms with Crippen LogP contribution in [0.3, 0.4) is 0 Å². The Labute approximate surface area is 132 Å². The molecular formula is C17H39N3O. The molecule has 21 heavy (non-hydrogen) atoms. The molecule has 0 spiro atoms. The van der Waals surface area contributed by atoms with Crippen molar-refractivity contribution in [2.24, 2.45) is 17.8 Å². The van der Waals surface area contributed by atoms with Gasteiger partial charge in [0.2, 0.25) is 6.41 Å². The molecule has 0 rings (SSSR count). The Morgan fingerprint density at radius 3 is 1.90 bits per heavy atom. The molecule has 3 atom stereocenters. The number of hydrogen-bond acceptors (Lipinski definition) is 3. The van der Waals surface area contributed by atoms with Crippen molar-refractivity contribution in [3.8, 4) is 0 Å². The van der Waals surface area contributed by atoms with Crippen molar-refractivity contribution < 1.29 is 4.79 Å². The molecule has 1 amide bonds. The molecule has 0 fully saturated rings. The second kappa shape index (κ2) is 13.1. The number of carbonyl (C=O) groups is 1. The van der Waals surface area contributed by atoms with E-state index >= 15 is 0 Å². The van der Waals surface area contributed by atoms with Gasteiger partial charge in [-0.05, 0) is 65.2 Å². The molecule has 3 N–H and O–H groups in total. The highest BCUT2D eigenvalue weighted by molar-refractivity contribution is 5.47. The van der Waals surface area contributed by atoms with Crippen molar-refractivity contribution in [1.82, 2.24) is 16.0 Å². The number of carbonyl (C=O) groups excluding carboxylic acids is 1. The zero-order valence-corrected chi connectivity index (χ0v) is 15.5. The maximum absolute atomic E-state index is 10.2. The molecule has 0 aromatic carbocycles. The minimum atomic E-state index is -0.120. The summed E-state index contributed by atoms with van der Waals surface area (Å²) >= 11 is 0. The van der Waals surface area contributed by atoms with E-state index in [4.69, 9.17) is 0 Å². The Hall–Kier alpha value is -0.610. The highest BCUT2D eigenvalue weighted by Gasteiger charge is 2.23. The summed E-state index contributed by atoms with van der Waals surface area (Å²) < 4.78 is 0. The third-order valence-corrected chi connectivity index (χ3v) is 4.23. The van der Waals surface area contributed by atoms with Gasteiger partial charge in [-0.25, -0.2) is 0 Å². The summed E-state index contributed by atoms with van der Waals surface area (Å²) in [5, 5.41) is 9.06. The first-order chi connectivity index (χ1) is 9.74. The van der Waals surface area contributed by atoms with Gasteiger partial charge in [-0.2, -0.15) is 0 Å². The Balaban J connectivity index is 0. The summed E-state index contributed by atoms with van der Waals surface area (Å²) in [5.74, 6) is 2.15. The molecular weight excluding hydrogens is 262 g/mol. The fourth-order valence-electron chi connectivity index (χ4n) is 2.14. The Morgan fingerprint density at radius 1 is 1.00 bits per heavy atom. The first kappa shape index (κ1) is 22.7. The zero-order valence-electron chi connectivity index (χ0n) is 15.5. The Morgan fingerprint density at radius 2 is 1.52 bits per heavy atom. The first-order valence-electron chi connectivity index (χ1n) is 8.25. The lowest BCUT2D eigenvalue weighted by Crippen LogP contribution is -2.47. The molecule has 0 aliphatic rings. The average molecular weight is 302 g/mol. The van der Waals surface area contributed by atoms with E-state index in [1.54, 1.807) is 0 Å². The van der Waals surface area contributed by atoms with Crippen LogP contribution in [0.2, 0.25) is 0 Å². The lowest BCUT2D eigenvalue weighted by atomic mass is 9.89. The minimum absolute atomic E-state index is 0.120. The smallest absolute Gasteiger partial charge is 0.207 e. The van der Waals surface area contributed by atoms with Gasteiger partial charge in [0.05, 0.1) is 0 Å². The van der Waals surface area contributed by atoms with Gasteiger partial charge in [0.1, 0.15) is 0 Å². The van der Waals surface area contributed by atoms with Crippen LogP contribution in [0.5, 0.6) is 0 Å². The molecule has 3 unspecified atom stereocenters. The summed E-state index contributed by atoms with van der Waals surface area (Å²) in [6.45, 7) is 15.1. The molecule has 0 aliphatic heterocycles. The van der Waals surface area contributed by atoms with Gasteiger partial charge >= 0.3 is 0 Å². The average Bonchev–Trinajstić information content (AvgIpc) is 2.39. The predicted octanol–water partition coefficient (Wildman–Crippen LogP) is 2.64. The van der Waals surface area contributed by atoms with Gasteiger partial charge in [0.25, 0.3) is 0 Å². The van der Waals surface area contributed by atoms with E-state index in [9.17, 15) is 4.79 Å². The van der Waals surface area contributed by atoms with E-state index in [1.807, 2.05) is 27.9 Å². The van der Waals surface area contributed by atoms with Gasteiger partial charge < -0.3 is 16.0 Å². The van der Waals surface area contributed by atoms with Crippen LogP contribution in [0.25, 0.3) is 0 Å². The van der Waals surface area contributed by atoms with Crippen molar-refractivity contribution in [2.45, 2.75) is 59.9 Å². The van der Waals surface area contributed by atoms with Crippen molar-refractivity contribution in [3.63, 3.8) is 0 Å². The Bertz CT molecular complexity index is 244. The molecule has 0 bridgehead atoms. The molecule has 0 aliphatic carbocycles. The lowest BCUT2D eigenvalue weighted by Gasteiger charge is -2.31. The molecule has 128 valence electrons. The van der Waals surface area contributed by atoms with Crippen LogP contribution >= 0.6 is 0 Å². The SMILES string of the molecule is CCC(C)CC(C)CNC.CNCC(C)C(C)(C)NC=O. The Kier molecular flexibility index (Phi) is 14.1. The molecule has 0 saturated heterocycles. The maximum atomic E-state index is 10.2. The van der Waals surface area contributed by atoms with Gasteiger partial charge in [0.15, 0.2) is 0 Å². The van der Waals surface area contributed by atoms with Gasteiger partial charge in [0, 0.05) is 5.54 Å². The third-order valence-electron chi connectivity index (χ3n) is 4.23. The van der Waals surface area contributed by atoms with Gasteiger partial charge in [-0.15, -0.1) is 0 Å². The summed E-state index contributed by atoms with van der Waals surface area (Å²) in [7, 11) is 3.93. The van der Waals surface area contributed by atoms with Gasteiger partial charge in [-0.3, -0.25) is 4.79 Å². The monoisotopic (exact) mass is 301 g/mol. The number of nitrogens with one attached hydrogen (secondary N) is 3. The van der Waals surface area contributed by atoms with Crippen LogP contribution < -0.4 is 16.0 Å². The van der Waals surface area contributed by atoms with E-state index < -0.39 is 0 Å². The molecule has 0 aromatic heterocycles. The summed E-state index contributed by atoms with van der Waals surface area (Å²) in [6.07, 6.45) is 3.43. The zero-order chi connectivity index (χ0) is 16.9. The highest BCUT2D eigenvalue weighted by atomic mass is 16.1. The van der Waals surface area contributed by atoms with Crippen molar-refractivity contribution in [1.29, 1.82) is 0 Å². The van der Waals surface area contributed by atoms with Crippen molar-refractivity contribution in [3.05, 3.63) is 0 Å². The summed E-state index contributed by atoms with van der Waals surface area (Å²) in [5.41, 5.74) is -0.120. The standard InChI is InChI=1S/C9H21N.C8H18N2O/c1-5-8(2)6-9(3)7-10-4;1-7(5-9-4)8(2,3)10-6-11/h8-10H,5-7H2,1-4H3;6-7,9H,5H2,1-4H3,(H,10,11).